The van der Waals surface area contributed by atoms with Gasteiger partial charge in [-0.25, -0.2) is 9.98 Å². The number of aliphatic imine (C=N–C) groups is 1. The predicted molar refractivity (Wildman–Crippen MR) is 101 cm³/mol. The normalized spacial score (nSPS) is 12.9. The summed E-state index contributed by atoms with van der Waals surface area (Å²) in [5.74, 6) is 0.791. The third-order valence-electron chi connectivity index (χ3n) is 3.65. The van der Waals surface area contributed by atoms with Crippen molar-refractivity contribution in [1.82, 2.24) is 15.6 Å². The molecule has 0 radical (unpaired) electrons. The lowest BCUT2D eigenvalue weighted by Gasteiger charge is -2.18. The summed E-state index contributed by atoms with van der Waals surface area (Å²) in [5, 5.41) is 19.4. The zero-order valence-corrected chi connectivity index (χ0v) is 15.1. The van der Waals surface area contributed by atoms with Crippen LogP contribution in [0.5, 0.6) is 0 Å². The minimum atomic E-state index is 0.0426. The van der Waals surface area contributed by atoms with Crippen LogP contribution >= 0.6 is 11.3 Å². The Morgan fingerprint density at radius 2 is 2.04 bits per heavy atom. The molecule has 0 spiro atoms. The van der Waals surface area contributed by atoms with Gasteiger partial charge in [0.25, 0.3) is 0 Å². The Morgan fingerprint density at radius 3 is 2.67 bits per heavy atom. The topological polar surface area (TPSA) is 69.5 Å². The second-order valence-electron chi connectivity index (χ2n) is 5.45. The Morgan fingerprint density at radius 1 is 1.25 bits per heavy atom. The number of aryl methyl sites for hydroxylation is 1. The van der Waals surface area contributed by atoms with Crippen molar-refractivity contribution in [3.05, 3.63) is 52.0 Å². The summed E-state index contributed by atoms with van der Waals surface area (Å²) in [6.07, 6.45) is 0.960. The SMILES string of the molecule is CCNC(=NCc1csc(CC)n1)NCC(CO)c1ccccc1. The molecular formula is C18H26N4OS. The lowest BCUT2D eigenvalue weighted by Crippen LogP contribution is -2.39. The molecule has 1 unspecified atom stereocenters. The van der Waals surface area contributed by atoms with Gasteiger partial charge in [-0.15, -0.1) is 11.3 Å². The number of aliphatic hydroxyl groups excluding tert-OH is 1. The van der Waals surface area contributed by atoms with E-state index in [2.05, 4.69) is 32.9 Å². The van der Waals surface area contributed by atoms with Gasteiger partial charge < -0.3 is 15.7 Å². The van der Waals surface area contributed by atoms with Crippen LogP contribution in [0.15, 0.2) is 40.7 Å². The molecule has 0 saturated carbocycles. The van der Waals surface area contributed by atoms with Gasteiger partial charge in [-0.3, -0.25) is 0 Å². The average molecular weight is 346 g/mol. The van der Waals surface area contributed by atoms with E-state index < -0.39 is 0 Å². The van der Waals surface area contributed by atoms with Gasteiger partial charge in [-0.1, -0.05) is 37.3 Å². The van der Waals surface area contributed by atoms with E-state index in [1.54, 1.807) is 11.3 Å². The first-order chi connectivity index (χ1) is 11.8. The van der Waals surface area contributed by atoms with Gasteiger partial charge in [0.1, 0.15) is 0 Å². The van der Waals surface area contributed by atoms with Crippen molar-refractivity contribution in [1.29, 1.82) is 0 Å². The van der Waals surface area contributed by atoms with Crippen LogP contribution in [0.25, 0.3) is 0 Å². The molecule has 0 bridgehead atoms. The van der Waals surface area contributed by atoms with Gasteiger partial charge in [0.05, 0.1) is 23.9 Å². The molecule has 130 valence electrons. The summed E-state index contributed by atoms with van der Waals surface area (Å²) in [4.78, 5) is 9.12. The molecule has 2 rings (SSSR count). The number of benzene rings is 1. The molecule has 0 fully saturated rings. The molecule has 0 aliphatic rings. The van der Waals surface area contributed by atoms with E-state index in [1.807, 2.05) is 37.3 Å². The first kappa shape index (κ1) is 18.4. The summed E-state index contributed by atoms with van der Waals surface area (Å²) in [5.41, 5.74) is 2.12. The molecule has 3 N–H and O–H groups in total. The summed E-state index contributed by atoms with van der Waals surface area (Å²) in [6.45, 7) is 6.22. The van der Waals surface area contributed by atoms with Crippen molar-refractivity contribution >= 4 is 17.3 Å². The molecular weight excluding hydrogens is 320 g/mol. The molecule has 1 heterocycles. The molecule has 0 aliphatic carbocycles. The first-order valence-electron chi connectivity index (χ1n) is 8.38. The number of aliphatic hydroxyl groups is 1. The first-order valence-corrected chi connectivity index (χ1v) is 9.26. The van der Waals surface area contributed by atoms with E-state index in [4.69, 9.17) is 0 Å². The maximum Gasteiger partial charge on any atom is 0.191 e. The highest BCUT2D eigenvalue weighted by atomic mass is 32.1. The fourth-order valence-electron chi connectivity index (χ4n) is 2.32. The molecule has 0 amide bonds. The van der Waals surface area contributed by atoms with Crippen LogP contribution in [0.4, 0.5) is 0 Å². The molecule has 6 heteroatoms. The van der Waals surface area contributed by atoms with Crippen LogP contribution in [0.2, 0.25) is 0 Å². The number of hydrogen-bond donors (Lipinski definition) is 3. The van der Waals surface area contributed by atoms with Crippen LogP contribution in [-0.2, 0) is 13.0 Å². The lowest BCUT2D eigenvalue weighted by atomic mass is 10.0. The van der Waals surface area contributed by atoms with Crippen LogP contribution in [0, 0.1) is 0 Å². The molecule has 0 aliphatic heterocycles. The zero-order valence-electron chi connectivity index (χ0n) is 14.3. The minimum Gasteiger partial charge on any atom is -0.396 e. The Hall–Kier alpha value is -1.92. The number of thiazole rings is 1. The summed E-state index contributed by atoms with van der Waals surface area (Å²) >= 11 is 1.68. The van der Waals surface area contributed by atoms with Crippen LogP contribution in [-0.4, -0.2) is 35.7 Å². The Labute approximate surface area is 147 Å². The van der Waals surface area contributed by atoms with E-state index in [9.17, 15) is 5.11 Å². The largest absolute Gasteiger partial charge is 0.396 e. The number of nitrogens with zero attached hydrogens (tertiary/aromatic N) is 2. The van der Waals surface area contributed by atoms with Crippen LogP contribution in [0.3, 0.4) is 0 Å². The standard InChI is InChI=1S/C18H26N4OS/c1-3-17-22-16(13-24-17)11-21-18(19-4-2)20-10-15(12-23)14-8-6-5-7-9-14/h5-9,13,15,23H,3-4,10-12H2,1-2H3,(H2,19,20,21). The van der Waals surface area contributed by atoms with Crippen LogP contribution in [0.1, 0.15) is 36.0 Å². The molecule has 0 saturated heterocycles. The van der Waals surface area contributed by atoms with Crippen molar-refractivity contribution in [3.63, 3.8) is 0 Å². The molecule has 1 aromatic heterocycles. The van der Waals surface area contributed by atoms with E-state index in [-0.39, 0.29) is 12.5 Å². The third kappa shape index (κ3) is 5.62. The predicted octanol–water partition coefficient (Wildman–Crippen LogP) is 2.54. The average Bonchev–Trinajstić information content (AvgIpc) is 3.09. The summed E-state index contributed by atoms with van der Waals surface area (Å²) in [7, 11) is 0. The number of nitrogens with one attached hydrogen (secondary N) is 2. The number of rotatable bonds is 8. The van der Waals surface area contributed by atoms with Gasteiger partial charge in [-0.05, 0) is 18.9 Å². The van der Waals surface area contributed by atoms with E-state index in [0.717, 1.165) is 35.2 Å². The minimum absolute atomic E-state index is 0.0426. The number of hydrogen-bond acceptors (Lipinski definition) is 4. The van der Waals surface area contributed by atoms with E-state index in [0.29, 0.717) is 13.1 Å². The van der Waals surface area contributed by atoms with Gasteiger partial charge in [0.2, 0.25) is 0 Å². The lowest BCUT2D eigenvalue weighted by molar-refractivity contribution is 0.265. The maximum absolute atomic E-state index is 9.65. The van der Waals surface area contributed by atoms with E-state index >= 15 is 0 Å². The van der Waals surface area contributed by atoms with Gasteiger partial charge in [-0.2, -0.15) is 0 Å². The molecule has 24 heavy (non-hydrogen) atoms. The molecule has 1 atom stereocenters. The van der Waals surface area contributed by atoms with Crippen molar-refractivity contribution in [2.75, 3.05) is 19.7 Å². The Balaban J connectivity index is 1.95. The highest BCUT2D eigenvalue weighted by molar-refractivity contribution is 7.09. The maximum atomic E-state index is 9.65. The fraction of sp³-hybridized carbons (Fsp3) is 0.444. The quantitative estimate of drug-likeness (QED) is 0.507. The highest BCUT2D eigenvalue weighted by Crippen LogP contribution is 2.14. The van der Waals surface area contributed by atoms with Crippen LogP contribution < -0.4 is 10.6 Å². The van der Waals surface area contributed by atoms with Crippen molar-refractivity contribution in [2.24, 2.45) is 4.99 Å². The van der Waals surface area contributed by atoms with Gasteiger partial charge >= 0.3 is 0 Å². The van der Waals surface area contributed by atoms with Crippen molar-refractivity contribution in [3.8, 4) is 0 Å². The van der Waals surface area contributed by atoms with Crippen molar-refractivity contribution < 1.29 is 5.11 Å². The zero-order chi connectivity index (χ0) is 17.2. The summed E-state index contributed by atoms with van der Waals surface area (Å²) < 4.78 is 0. The molecule has 1 aromatic carbocycles. The highest BCUT2D eigenvalue weighted by Gasteiger charge is 2.11. The Kier molecular flexibility index (Phi) is 7.71. The Bertz CT molecular complexity index is 627. The molecule has 2 aromatic rings. The molecule has 5 nitrogen and oxygen atoms in total. The third-order valence-corrected chi connectivity index (χ3v) is 4.69. The smallest absolute Gasteiger partial charge is 0.191 e. The number of guanidine groups is 1. The second-order valence-corrected chi connectivity index (χ2v) is 6.40. The fourth-order valence-corrected chi connectivity index (χ4v) is 3.05. The number of aromatic nitrogens is 1. The second kappa shape index (κ2) is 10.1. The summed E-state index contributed by atoms with van der Waals surface area (Å²) in [6, 6.07) is 10.0. The van der Waals surface area contributed by atoms with Gasteiger partial charge in [0.15, 0.2) is 5.96 Å². The van der Waals surface area contributed by atoms with Gasteiger partial charge in [0, 0.05) is 24.4 Å². The van der Waals surface area contributed by atoms with E-state index in [1.165, 1.54) is 0 Å². The monoisotopic (exact) mass is 346 g/mol. The van der Waals surface area contributed by atoms with Crippen molar-refractivity contribution in [2.45, 2.75) is 32.7 Å².